The molecule has 1 aromatic rings. The summed E-state index contributed by atoms with van der Waals surface area (Å²) in [6.45, 7) is 3.82. The molecule has 1 heterocycles. The highest BCUT2D eigenvalue weighted by atomic mass is 32.1. The number of nitrogens with one attached hydrogen (secondary N) is 2. The molecule has 0 bridgehead atoms. The number of hydrogen-bond donors (Lipinski definition) is 3. The van der Waals surface area contributed by atoms with E-state index in [1.54, 1.807) is 11.4 Å². The molecule has 1 aliphatic rings. The molecule has 0 saturated heterocycles. The number of rotatable bonds is 5. The van der Waals surface area contributed by atoms with E-state index >= 15 is 0 Å². The van der Waals surface area contributed by atoms with E-state index in [0.29, 0.717) is 16.9 Å². The van der Waals surface area contributed by atoms with Crippen molar-refractivity contribution in [2.24, 2.45) is 5.92 Å². The number of aliphatic hydroxyl groups is 1. The van der Waals surface area contributed by atoms with Gasteiger partial charge < -0.3 is 20.6 Å². The molecule has 0 aliphatic heterocycles. The van der Waals surface area contributed by atoms with Gasteiger partial charge in [0, 0.05) is 0 Å². The minimum atomic E-state index is -1.29. The Morgan fingerprint density at radius 1 is 1.35 bits per heavy atom. The summed E-state index contributed by atoms with van der Waals surface area (Å²) in [5.74, 6) is -1.49. The first-order valence-electron chi connectivity index (χ1n) is 8.31. The van der Waals surface area contributed by atoms with Crippen LogP contribution in [0.2, 0.25) is 0 Å². The van der Waals surface area contributed by atoms with Gasteiger partial charge in [-0.1, -0.05) is 13.8 Å². The second kappa shape index (κ2) is 9.84. The van der Waals surface area contributed by atoms with Crippen molar-refractivity contribution in [3.05, 3.63) is 21.9 Å². The molecule has 0 fully saturated rings. The van der Waals surface area contributed by atoms with E-state index in [0.717, 1.165) is 0 Å². The van der Waals surface area contributed by atoms with Crippen LogP contribution in [0, 0.1) is 5.92 Å². The first-order valence-corrected chi connectivity index (χ1v) is 9.19. The molecule has 2 amide bonds. The molecule has 26 heavy (non-hydrogen) atoms. The molecule has 9 heteroatoms. The Morgan fingerprint density at radius 3 is 2.42 bits per heavy atom. The lowest BCUT2D eigenvalue weighted by atomic mass is 10.00. The molecular formula is C17H26BN3O4S. The number of carbonyl (C=O) groups is 3. The zero-order valence-electron chi connectivity index (χ0n) is 15.8. The van der Waals surface area contributed by atoms with Crippen LogP contribution in [0.4, 0.5) is 4.79 Å². The maximum atomic E-state index is 12.4. The van der Waals surface area contributed by atoms with Crippen molar-refractivity contribution in [3.8, 4) is 0 Å². The van der Waals surface area contributed by atoms with Crippen LogP contribution < -0.4 is 10.6 Å². The molecule has 0 aromatic carbocycles. The van der Waals surface area contributed by atoms with Crippen molar-refractivity contribution in [2.45, 2.75) is 38.5 Å². The molecular weight excluding hydrogens is 353 g/mol. The van der Waals surface area contributed by atoms with Crippen molar-refractivity contribution >= 4 is 36.7 Å². The van der Waals surface area contributed by atoms with Gasteiger partial charge in [0.15, 0.2) is 5.81 Å². The summed E-state index contributed by atoms with van der Waals surface area (Å²) in [6, 6.07) is 0.117. The van der Waals surface area contributed by atoms with E-state index in [1.165, 1.54) is 11.3 Å². The van der Waals surface area contributed by atoms with Crippen molar-refractivity contribution in [1.29, 1.82) is 0 Å². The van der Waals surface area contributed by atoms with Gasteiger partial charge in [0.1, 0.15) is 12.1 Å². The van der Waals surface area contributed by atoms with E-state index in [2.05, 4.69) is 10.6 Å². The third-order valence-corrected chi connectivity index (χ3v) is 4.42. The van der Waals surface area contributed by atoms with E-state index in [1.807, 2.05) is 39.9 Å². The van der Waals surface area contributed by atoms with Gasteiger partial charge in [-0.2, -0.15) is 0 Å². The number of nitrogens with zero attached hydrogens (tertiary/aromatic N) is 1. The fourth-order valence-electron chi connectivity index (χ4n) is 2.51. The fraction of sp³-hybridized carbons (Fsp3) is 0.588. The van der Waals surface area contributed by atoms with Crippen molar-refractivity contribution in [3.63, 3.8) is 0 Å². The van der Waals surface area contributed by atoms with E-state index in [9.17, 15) is 19.5 Å². The number of amides is 2. The van der Waals surface area contributed by atoms with Crippen LogP contribution in [-0.2, 0) is 4.79 Å². The number of thiophene rings is 1. The van der Waals surface area contributed by atoms with Gasteiger partial charge in [-0.05, 0) is 50.5 Å². The summed E-state index contributed by atoms with van der Waals surface area (Å²) in [4.78, 5) is 37.7. The van der Waals surface area contributed by atoms with E-state index < -0.39 is 35.7 Å². The summed E-state index contributed by atoms with van der Waals surface area (Å²) in [6.07, 6.45) is -0.887. The second-order valence-electron chi connectivity index (χ2n) is 7.03. The summed E-state index contributed by atoms with van der Waals surface area (Å²) in [7, 11) is 11.1. The Morgan fingerprint density at radius 2 is 1.92 bits per heavy atom. The van der Waals surface area contributed by atoms with Gasteiger partial charge in [-0.3, -0.25) is 14.4 Å². The highest BCUT2D eigenvalue weighted by Gasteiger charge is 2.41. The average Bonchev–Trinajstić information content (AvgIpc) is 3.04. The highest BCUT2D eigenvalue weighted by molar-refractivity contribution is 7.12. The molecule has 2 radical (unpaired) electrons. The van der Waals surface area contributed by atoms with Crippen LogP contribution in [0.25, 0.3) is 0 Å². The maximum absolute atomic E-state index is 12.4. The van der Waals surface area contributed by atoms with Crippen LogP contribution in [0.1, 0.15) is 41.5 Å². The quantitative estimate of drug-likeness (QED) is 0.662. The highest BCUT2D eigenvalue weighted by Crippen LogP contribution is 2.35. The summed E-state index contributed by atoms with van der Waals surface area (Å²) in [5, 5.41) is 16.8. The Balaban J connectivity index is 0.000000765. The maximum Gasteiger partial charge on any atom is 0.243 e. The molecule has 142 valence electrons. The van der Waals surface area contributed by atoms with Crippen LogP contribution >= 0.6 is 11.3 Å². The molecule has 0 saturated carbocycles. The molecule has 3 atom stereocenters. The number of ketones is 1. The zero-order valence-corrected chi connectivity index (χ0v) is 16.6. The first-order chi connectivity index (χ1) is 12.0. The normalized spacial score (nSPS) is 19.6. The van der Waals surface area contributed by atoms with Gasteiger partial charge in [0.2, 0.25) is 19.5 Å². The predicted molar refractivity (Wildman–Crippen MR) is 103 cm³/mol. The molecule has 0 spiro atoms. The molecule has 1 aliphatic carbocycles. The summed E-state index contributed by atoms with van der Waals surface area (Å²) < 4.78 is 0. The molecule has 3 N–H and O–H groups in total. The van der Waals surface area contributed by atoms with Gasteiger partial charge >= 0.3 is 0 Å². The molecule has 7 nitrogen and oxygen atoms in total. The van der Waals surface area contributed by atoms with Crippen LogP contribution in [-0.4, -0.2) is 68.6 Å². The lowest BCUT2D eigenvalue weighted by molar-refractivity contribution is -0.124. The van der Waals surface area contributed by atoms with Crippen molar-refractivity contribution in [2.75, 3.05) is 21.1 Å². The van der Waals surface area contributed by atoms with E-state index in [4.69, 9.17) is 7.85 Å². The first kappa shape index (κ1) is 22.3. The number of Topliss-reactive ketones (excluding diaryl/α,β-unsaturated/α-hetero) is 1. The van der Waals surface area contributed by atoms with Crippen LogP contribution in [0.3, 0.4) is 0 Å². The number of hydrogen-bond acceptors (Lipinski definition) is 6. The Hall–Kier alpha value is -1.71. The van der Waals surface area contributed by atoms with Crippen LogP contribution in [0.5, 0.6) is 0 Å². The van der Waals surface area contributed by atoms with Crippen molar-refractivity contribution < 1.29 is 19.5 Å². The number of aliphatic hydroxyl groups excluding tert-OH is 1. The molecule has 2 rings (SSSR count). The summed E-state index contributed by atoms with van der Waals surface area (Å²) >= 11 is 1.23. The zero-order chi connectivity index (χ0) is 20.0. The third-order valence-electron chi connectivity index (χ3n) is 3.48. The van der Waals surface area contributed by atoms with Gasteiger partial charge in [0.25, 0.3) is 0 Å². The van der Waals surface area contributed by atoms with Gasteiger partial charge in [0.05, 0.1) is 10.9 Å². The van der Waals surface area contributed by atoms with E-state index in [-0.39, 0.29) is 5.92 Å². The lowest BCUT2D eigenvalue weighted by Gasteiger charge is -2.23. The Bertz CT molecular complexity index is 645. The minimum Gasteiger partial charge on any atom is -0.382 e. The smallest absolute Gasteiger partial charge is 0.243 e. The third kappa shape index (κ3) is 6.23. The standard InChI is InChI=1S/C14H17BN2O4S.C3H9N/c1-6(2)5-8(16-14(15)21)13(20)17-9-7-3-4-22-12(7)11(19)10(9)18;1-4(2)3/h3-4,6,8-10,18H,5H2,1-2H3,(H,16,21)(H,17,20);1-3H3. The van der Waals surface area contributed by atoms with Crippen molar-refractivity contribution in [1.82, 2.24) is 15.5 Å². The predicted octanol–water partition coefficient (Wildman–Crippen LogP) is 0.933. The Labute approximate surface area is 159 Å². The average molecular weight is 379 g/mol. The Kier molecular flexibility index (Phi) is 8.46. The SMILES string of the molecule is CN(C)C.[B]C(=O)NC(CC(C)C)C(=O)NC1c2ccsc2C(=O)C1O. The second-order valence-corrected chi connectivity index (χ2v) is 7.95. The monoisotopic (exact) mass is 379 g/mol. The largest absolute Gasteiger partial charge is 0.382 e. The number of fused-ring (bicyclic) bond motifs is 1. The van der Waals surface area contributed by atoms with Gasteiger partial charge in [-0.25, -0.2) is 0 Å². The molecule has 1 aromatic heterocycles. The fourth-order valence-corrected chi connectivity index (χ4v) is 3.42. The van der Waals surface area contributed by atoms with Gasteiger partial charge in [-0.15, -0.1) is 11.3 Å². The molecule has 3 unspecified atom stereocenters. The van der Waals surface area contributed by atoms with Crippen LogP contribution in [0.15, 0.2) is 11.4 Å². The topological polar surface area (TPSA) is 98.7 Å². The lowest BCUT2D eigenvalue weighted by Crippen LogP contribution is -2.49. The minimum absolute atomic E-state index is 0.162. The summed E-state index contributed by atoms with van der Waals surface area (Å²) in [5.41, 5.74) is 0.609. The number of carbonyl (C=O) groups excluding carboxylic acids is 3.